The van der Waals surface area contributed by atoms with Crippen LogP contribution in [0.25, 0.3) is 0 Å². The fraction of sp³-hybridized carbons (Fsp3) is 0.316. The average Bonchev–Trinajstić information content (AvgIpc) is 2.93. The first-order chi connectivity index (χ1) is 12.6. The van der Waals surface area contributed by atoms with Gasteiger partial charge in [-0.15, -0.1) is 0 Å². The van der Waals surface area contributed by atoms with E-state index in [1.807, 2.05) is 0 Å². The van der Waals surface area contributed by atoms with E-state index in [-0.39, 0.29) is 11.6 Å². The van der Waals surface area contributed by atoms with E-state index in [1.54, 1.807) is 4.90 Å². The third kappa shape index (κ3) is 4.04. The fourth-order valence-electron chi connectivity index (χ4n) is 2.94. The van der Waals surface area contributed by atoms with E-state index in [0.717, 1.165) is 37.8 Å². The molecule has 0 spiro atoms. The molecule has 26 heavy (non-hydrogen) atoms. The zero-order chi connectivity index (χ0) is 18.5. The van der Waals surface area contributed by atoms with Crippen molar-refractivity contribution in [3.8, 4) is 0 Å². The van der Waals surface area contributed by atoms with E-state index < -0.39 is 23.2 Å². The van der Waals surface area contributed by atoms with E-state index >= 15 is 0 Å². The highest BCUT2D eigenvalue weighted by Gasteiger charge is 2.20. The quantitative estimate of drug-likeness (QED) is 0.910. The van der Waals surface area contributed by atoms with Gasteiger partial charge < -0.3 is 10.2 Å². The Kier molecular flexibility index (Phi) is 5.55. The molecule has 1 N–H and O–H groups in total. The van der Waals surface area contributed by atoms with Gasteiger partial charge >= 0.3 is 0 Å². The lowest BCUT2D eigenvalue weighted by atomic mass is 10.2. The Hall–Kier alpha value is -2.83. The zero-order valence-electron chi connectivity index (χ0n) is 14.2. The Morgan fingerprint density at radius 1 is 1.00 bits per heavy atom. The summed E-state index contributed by atoms with van der Waals surface area (Å²) in [4.78, 5) is 30.6. The highest BCUT2D eigenvalue weighted by molar-refractivity contribution is 6.04. The summed E-state index contributed by atoms with van der Waals surface area (Å²) >= 11 is 0. The molecule has 0 atom stereocenters. The van der Waals surface area contributed by atoms with Crippen LogP contribution in [0.4, 0.5) is 14.5 Å². The lowest BCUT2D eigenvalue weighted by Crippen LogP contribution is -2.32. The first-order valence-corrected chi connectivity index (χ1v) is 8.57. The highest BCUT2D eigenvalue weighted by Crippen LogP contribution is 2.19. The van der Waals surface area contributed by atoms with Gasteiger partial charge in [-0.2, -0.15) is 0 Å². The van der Waals surface area contributed by atoms with Crippen molar-refractivity contribution in [3.05, 3.63) is 59.4 Å². The lowest BCUT2D eigenvalue weighted by Gasteiger charge is -2.20. The monoisotopic (exact) mass is 359 g/mol. The summed E-state index contributed by atoms with van der Waals surface area (Å²) in [7, 11) is 0. The number of amides is 2. The second-order valence-corrected chi connectivity index (χ2v) is 6.19. The SMILES string of the molecule is O=C(Nc1c(F)cccc1F)c1cc(C(=O)N2CCCCCC2)ccn1. The van der Waals surface area contributed by atoms with E-state index in [9.17, 15) is 18.4 Å². The number of halogens is 2. The van der Waals surface area contributed by atoms with E-state index in [2.05, 4.69) is 10.3 Å². The van der Waals surface area contributed by atoms with Crippen LogP contribution in [-0.4, -0.2) is 34.8 Å². The predicted octanol–water partition coefficient (Wildman–Crippen LogP) is 3.63. The molecule has 136 valence electrons. The molecular formula is C19H19F2N3O2. The number of aromatic nitrogens is 1. The van der Waals surface area contributed by atoms with Gasteiger partial charge in [-0.05, 0) is 37.1 Å². The van der Waals surface area contributed by atoms with Gasteiger partial charge in [0, 0.05) is 24.8 Å². The topological polar surface area (TPSA) is 62.3 Å². The number of rotatable bonds is 3. The van der Waals surface area contributed by atoms with Gasteiger partial charge in [0.15, 0.2) is 0 Å². The minimum atomic E-state index is -0.879. The van der Waals surface area contributed by atoms with Crippen LogP contribution in [0.5, 0.6) is 0 Å². The fourth-order valence-corrected chi connectivity index (χ4v) is 2.94. The molecule has 0 radical (unpaired) electrons. The van der Waals surface area contributed by atoms with Gasteiger partial charge in [0.25, 0.3) is 11.8 Å². The van der Waals surface area contributed by atoms with Crippen molar-refractivity contribution in [2.75, 3.05) is 18.4 Å². The number of likely N-dealkylation sites (tertiary alicyclic amines) is 1. The van der Waals surface area contributed by atoms with Gasteiger partial charge in [-0.25, -0.2) is 8.78 Å². The minimum Gasteiger partial charge on any atom is -0.339 e. The van der Waals surface area contributed by atoms with Crippen LogP contribution < -0.4 is 5.32 Å². The van der Waals surface area contributed by atoms with E-state index in [0.29, 0.717) is 18.7 Å². The standard InChI is InChI=1S/C19H19F2N3O2/c20-14-6-5-7-15(21)17(14)23-18(25)16-12-13(8-9-22-16)19(26)24-10-3-1-2-4-11-24/h5-9,12H,1-4,10-11H2,(H,23,25). The Labute approximate surface area is 150 Å². The van der Waals surface area contributed by atoms with Crippen LogP contribution in [0.15, 0.2) is 36.5 Å². The Bertz CT molecular complexity index is 798. The van der Waals surface area contributed by atoms with E-state index in [4.69, 9.17) is 0 Å². The second kappa shape index (κ2) is 8.03. The highest BCUT2D eigenvalue weighted by atomic mass is 19.1. The summed E-state index contributed by atoms with van der Waals surface area (Å²) in [6.07, 6.45) is 5.45. The molecule has 1 aromatic heterocycles. The summed E-state index contributed by atoms with van der Waals surface area (Å²) in [5, 5.41) is 2.17. The lowest BCUT2D eigenvalue weighted by molar-refractivity contribution is 0.0761. The summed E-state index contributed by atoms with van der Waals surface area (Å²) in [6.45, 7) is 1.37. The Balaban J connectivity index is 1.78. The first-order valence-electron chi connectivity index (χ1n) is 8.57. The number of nitrogens with zero attached hydrogens (tertiary/aromatic N) is 2. The number of anilines is 1. The van der Waals surface area contributed by atoms with Crippen LogP contribution in [0.2, 0.25) is 0 Å². The molecule has 2 aromatic rings. The van der Waals surface area contributed by atoms with Crippen molar-refractivity contribution < 1.29 is 18.4 Å². The van der Waals surface area contributed by atoms with Crippen molar-refractivity contribution in [1.82, 2.24) is 9.88 Å². The molecule has 0 unspecified atom stereocenters. The van der Waals surface area contributed by atoms with Gasteiger partial charge in [0.05, 0.1) is 0 Å². The van der Waals surface area contributed by atoms with Crippen molar-refractivity contribution in [3.63, 3.8) is 0 Å². The minimum absolute atomic E-state index is 0.0756. The molecule has 1 saturated heterocycles. The molecule has 1 fully saturated rings. The molecule has 2 amide bonds. The molecule has 2 heterocycles. The van der Waals surface area contributed by atoms with Crippen LogP contribution in [0.3, 0.4) is 0 Å². The van der Waals surface area contributed by atoms with Crippen LogP contribution >= 0.6 is 0 Å². The van der Waals surface area contributed by atoms with Crippen LogP contribution in [-0.2, 0) is 0 Å². The molecule has 5 nitrogen and oxygen atoms in total. The summed E-state index contributed by atoms with van der Waals surface area (Å²) < 4.78 is 27.4. The number of benzene rings is 1. The zero-order valence-corrected chi connectivity index (χ0v) is 14.2. The van der Waals surface area contributed by atoms with Crippen molar-refractivity contribution in [2.24, 2.45) is 0 Å². The number of hydrogen-bond donors (Lipinski definition) is 1. The molecular weight excluding hydrogens is 340 g/mol. The Morgan fingerprint density at radius 3 is 2.31 bits per heavy atom. The second-order valence-electron chi connectivity index (χ2n) is 6.19. The molecule has 7 heteroatoms. The molecule has 0 bridgehead atoms. The van der Waals surface area contributed by atoms with Crippen molar-refractivity contribution >= 4 is 17.5 Å². The number of nitrogens with one attached hydrogen (secondary N) is 1. The van der Waals surface area contributed by atoms with Crippen molar-refractivity contribution in [1.29, 1.82) is 0 Å². The number of pyridine rings is 1. The maximum atomic E-state index is 13.7. The van der Waals surface area contributed by atoms with E-state index in [1.165, 1.54) is 24.4 Å². The van der Waals surface area contributed by atoms with Gasteiger partial charge in [-0.3, -0.25) is 14.6 Å². The predicted molar refractivity (Wildman–Crippen MR) is 92.9 cm³/mol. The molecule has 3 rings (SSSR count). The largest absolute Gasteiger partial charge is 0.339 e. The summed E-state index contributed by atoms with van der Waals surface area (Å²) in [5.41, 5.74) is -0.280. The Morgan fingerprint density at radius 2 is 1.65 bits per heavy atom. The number of hydrogen-bond acceptors (Lipinski definition) is 3. The molecule has 0 saturated carbocycles. The summed E-state index contributed by atoms with van der Waals surface area (Å²) in [6, 6.07) is 6.19. The smallest absolute Gasteiger partial charge is 0.274 e. The van der Waals surface area contributed by atoms with Gasteiger partial charge in [-0.1, -0.05) is 18.9 Å². The average molecular weight is 359 g/mol. The number of para-hydroxylation sites is 1. The first kappa shape index (κ1) is 18.0. The van der Waals surface area contributed by atoms with Crippen LogP contribution in [0, 0.1) is 11.6 Å². The molecule has 1 aliphatic heterocycles. The molecule has 1 aromatic carbocycles. The van der Waals surface area contributed by atoms with Gasteiger partial charge in [0.2, 0.25) is 0 Å². The third-order valence-corrected chi connectivity index (χ3v) is 4.33. The summed E-state index contributed by atoms with van der Waals surface area (Å²) in [5.74, 6) is -2.70. The van der Waals surface area contributed by atoms with Gasteiger partial charge in [0.1, 0.15) is 23.0 Å². The maximum absolute atomic E-state index is 13.7. The molecule has 0 aliphatic carbocycles. The normalized spacial score (nSPS) is 14.6. The number of carbonyl (C=O) groups excluding carboxylic acids is 2. The van der Waals surface area contributed by atoms with Crippen LogP contribution in [0.1, 0.15) is 46.5 Å². The van der Waals surface area contributed by atoms with Crippen molar-refractivity contribution in [2.45, 2.75) is 25.7 Å². The number of carbonyl (C=O) groups is 2. The molecule has 1 aliphatic rings. The third-order valence-electron chi connectivity index (χ3n) is 4.33. The maximum Gasteiger partial charge on any atom is 0.274 e.